The molecule has 0 radical (unpaired) electrons. The Bertz CT molecular complexity index is 973. The van der Waals surface area contributed by atoms with E-state index in [4.69, 9.17) is 0 Å². The zero-order valence-electron chi connectivity index (χ0n) is 21.7. The number of unbranched alkanes of at least 4 members (excludes halogenated alkanes) is 2. The van der Waals surface area contributed by atoms with E-state index in [1.54, 1.807) is 6.20 Å². The smallest absolute Gasteiger partial charge is 0.162 e. The number of H-pyrrole nitrogens is 1. The Morgan fingerprint density at radius 3 is 2.29 bits per heavy atom. The van der Waals surface area contributed by atoms with Crippen LogP contribution in [0.4, 0.5) is 0 Å². The van der Waals surface area contributed by atoms with Crippen molar-refractivity contribution in [3.8, 4) is 0 Å². The summed E-state index contributed by atoms with van der Waals surface area (Å²) in [6, 6.07) is 8.11. The van der Waals surface area contributed by atoms with E-state index < -0.39 is 0 Å². The lowest BCUT2D eigenvalue weighted by Crippen LogP contribution is -2.26. The van der Waals surface area contributed by atoms with Crippen LogP contribution in [0.5, 0.6) is 0 Å². The lowest BCUT2D eigenvalue weighted by Gasteiger charge is -2.21. The maximum absolute atomic E-state index is 12.7. The topological polar surface area (TPSA) is 70.1 Å². The number of carbonyl (C=O) groups is 1. The van der Waals surface area contributed by atoms with E-state index in [9.17, 15) is 4.79 Å². The van der Waals surface area contributed by atoms with E-state index in [0.717, 1.165) is 49.7 Å². The summed E-state index contributed by atoms with van der Waals surface area (Å²) in [5.74, 6) is 2.19. The number of aromatic nitrogens is 4. The highest BCUT2D eigenvalue weighted by atomic mass is 16.1. The zero-order chi connectivity index (χ0) is 24.9. The summed E-state index contributed by atoms with van der Waals surface area (Å²) in [6.07, 6.45) is 13.7. The summed E-state index contributed by atoms with van der Waals surface area (Å²) >= 11 is 0. The molecule has 1 N–H and O–H groups in total. The van der Waals surface area contributed by atoms with Gasteiger partial charge in [0.1, 0.15) is 11.6 Å². The molecular formula is C28H42N6O. The van der Waals surface area contributed by atoms with E-state index in [1.807, 2.05) is 42.3 Å². The highest BCUT2D eigenvalue weighted by Gasteiger charge is 2.13. The Kier molecular flexibility index (Phi) is 11.2. The highest BCUT2D eigenvalue weighted by Crippen LogP contribution is 2.15. The third kappa shape index (κ3) is 9.07. The molecule has 0 bridgehead atoms. The van der Waals surface area contributed by atoms with Crippen LogP contribution in [0.15, 0.2) is 49.1 Å². The van der Waals surface area contributed by atoms with Crippen LogP contribution >= 0.6 is 0 Å². The summed E-state index contributed by atoms with van der Waals surface area (Å²) in [5, 5.41) is 0. The van der Waals surface area contributed by atoms with Crippen molar-refractivity contribution in [2.45, 2.75) is 72.0 Å². The minimum atomic E-state index is 0.246. The van der Waals surface area contributed by atoms with Crippen molar-refractivity contribution in [3.05, 3.63) is 71.8 Å². The number of hydrogen-bond donors (Lipinski definition) is 1. The molecule has 7 heteroatoms. The minimum Gasteiger partial charge on any atom is -0.348 e. The SMILES string of the molecule is CCCN(CCC)CCCCCC(=O)c1ccc(CN(Cc2ncc[nH]2)Cc2nccn2C)cc1. The van der Waals surface area contributed by atoms with Crippen LogP contribution in [0, 0.1) is 0 Å². The van der Waals surface area contributed by atoms with E-state index >= 15 is 0 Å². The predicted molar refractivity (Wildman–Crippen MR) is 141 cm³/mol. The first-order chi connectivity index (χ1) is 17.1. The Balaban J connectivity index is 1.48. The van der Waals surface area contributed by atoms with Gasteiger partial charge in [-0.1, -0.05) is 44.5 Å². The first-order valence-corrected chi connectivity index (χ1v) is 13.1. The molecule has 0 saturated heterocycles. The molecule has 0 atom stereocenters. The fraction of sp³-hybridized carbons (Fsp3) is 0.536. The fourth-order valence-electron chi connectivity index (χ4n) is 4.48. The van der Waals surface area contributed by atoms with Gasteiger partial charge >= 0.3 is 0 Å². The minimum absolute atomic E-state index is 0.246. The molecule has 0 aliphatic carbocycles. The van der Waals surface area contributed by atoms with Crippen LogP contribution in [0.25, 0.3) is 0 Å². The van der Waals surface area contributed by atoms with Gasteiger partial charge in [0.2, 0.25) is 0 Å². The highest BCUT2D eigenvalue weighted by molar-refractivity contribution is 5.96. The molecule has 0 aliphatic heterocycles. The van der Waals surface area contributed by atoms with Gasteiger partial charge in [-0.25, -0.2) is 9.97 Å². The normalized spacial score (nSPS) is 11.6. The maximum atomic E-state index is 12.7. The molecule has 2 aromatic heterocycles. The molecule has 0 amide bonds. The molecule has 3 rings (SSSR count). The molecule has 3 aromatic rings. The van der Waals surface area contributed by atoms with Gasteiger partial charge in [0.05, 0.1) is 13.1 Å². The lowest BCUT2D eigenvalue weighted by atomic mass is 10.0. The summed E-state index contributed by atoms with van der Waals surface area (Å²) in [5.41, 5.74) is 1.99. The number of imidazole rings is 2. The number of Topliss-reactive ketones (excluding diaryl/α,β-unsaturated/α-hetero) is 1. The Labute approximate surface area is 210 Å². The molecule has 0 fully saturated rings. The Morgan fingerprint density at radius 1 is 0.886 bits per heavy atom. The molecule has 0 unspecified atom stereocenters. The van der Waals surface area contributed by atoms with Gasteiger partial charge in [0.25, 0.3) is 0 Å². The van der Waals surface area contributed by atoms with Crippen molar-refractivity contribution < 1.29 is 4.79 Å². The van der Waals surface area contributed by atoms with Crippen LogP contribution in [-0.2, 0) is 26.7 Å². The Hall–Kier alpha value is -2.77. The van der Waals surface area contributed by atoms with Crippen molar-refractivity contribution in [1.82, 2.24) is 29.3 Å². The Morgan fingerprint density at radius 2 is 1.66 bits per heavy atom. The number of rotatable bonds is 17. The average molecular weight is 479 g/mol. The first kappa shape index (κ1) is 26.8. The van der Waals surface area contributed by atoms with Crippen molar-refractivity contribution in [2.75, 3.05) is 19.6 Å². The number of aryl methyl sites for hydroxylation is 1. The molecule has 2 heterocycles. The fourth-order valence-corrected chi connectivity index (χ4v) is 4.48. The van der Waals surface area contributed by atoms with Crippen LogP contribution in [-0.4, -0.2) is 54.7 Å². The molecule has 190 valence electrons. The molecule has 0 saturated carbocycles. The van der Waals surface area contributed by atoms with Crippen LogP contribution < -0.4 is 0 Å². The molecular weight excluding hydrogens is 436 g/mol. The second-order valence-electron chi connectivity index (χ2n) is 9.41. The summed E-state index contributed by atoms with van der Waals surface area (Å²) < 4.78 is 2.04. The van der Waals surface area contributed by atoms with E-state index in [1.165, 1.54) is 37.9 Å². The van der Waals surface area contributed by atoms with Crippen molar-refractivity contribution in [3.63, 3.8) is 0 Å². The largest absolute Gasteiger partial charge is 0.348 e. The second-order valence-corrected chi connectivity index (χ2v) is 9.41. The molecule has 0 spiro atoms. The average Bonchev–Trinajstić information content (AvgIpc) is 3.51. The molecule has 7 nitrogen and oxygen atoms in total. The van der Waals surface area contributed by atoms with Crippen molar-refractivity contribution in [2.24, 2.45) is 7.05 Å². The molecule has 1 aromatic carbocycles. The first-order valence-electron chi connectivity index (χ1n) is 13.1. The number of benzene rings is 1. The molecule has 35 heavy (non-hydrogen) atoms. The third-order valence-electron chi connectivity index (χ3n) is 6.35. The number of ketones is 1. The predicted octanol–water partition coefficient (Wildman–Crippen LogP) is 5.21. The van der Waals surface area contributed by atoms with Crippen molar-refractivity contribution in [1.29, 1.82) is 0 Å². The van der Waals surface area contributed by atoms with E-state index in [0.29, 0.717) is 13.0 Å². The van der Waals surface area contributed by atoms with E-state index in [-0.39, 0.29) is 5.78 Å². The van der Waals surface area contributed by atoms with Gasteiger partial charge < -0.3 is 14.5 Å². The maximum Gasteiger partial charge on any atom is 0.162 e. The number of nitrogens with zero attached hydrogens (tertiary/aromatic N) is 5. The van der Waals surface area contributed by atoms with Gasteiger partial charge in [0.15, 0.2) is 5.78 Å². The quantitative estimate of drug-likeness (QED) is 0.213. The van der Waals surface area contributed by atoms with Gasteiger partial charge in [-0.05, 0) is 50.9 Å². The van der Waals surface area contributed by atoms with E-state index in [2.05, 4.69) is 50.7 Å². The standard InChI is InChI=1S/C28H42N6O/c1-4-17-33(18-5-2)19-8-6-7-9-26(35)25-12-10-24(11-13-25)21-34(22-27-29-14-15-30-27)23-28-31-16-20-32(28)3/h10-16,20H,4-9,17-19,21-23H2,1-3H3,(H,29,30). The van der Waals surface area contributed by atoms with Gasteiger partial charge in [-0.3, -0.25) is 9.69 Å². The van der Waals surface area contributed by atoms with Gasteiger partial charge in [0, 0.05) is 50.4 Å². The number of aromatic amines is 1. The second kappa shape index (κ2) is 14.6. The van der Waals surface area contributed by atoms with Crippen LogP contribution in [0.3, 0.4) is 0 Å². The van der Waals surface area contributed by atoms with Gasteiger partial charge in [-0.2, -0.15) is 0 Å². The van der Waals surface area contributed by atoms with Crippen LogP contribution in [0.1, 0.15) is 79.9 Å². The van der Waals surface area contributed by atoms with Crippen LogP contribution in [0.2, 0.25) is 0 Å². The number of hydrogen-bond acceptors (Lipinski definition) is 5. The van der Waals surface area contributed by atoms with Gasteiger partial charge in [-0.15, -0.1) is 0 Å². The van der Waals surface area contributed by atoms with Crippen molar-refractivity contribution >= 4 is 5.78 Å². The summed E-state index contributed by atoms with van der Waals surface area (Å²) in [7, 11) is 2.01. The number of nitrogens with one attached hydrogen (secondary N) is 1. The monoisotopic (exact) mass is 478 g/mol. The molecule has 0 aliphatic rings. The summed E-state index contributed by atoms with van der Waals surface area (Å²) in [4.78, 5) is 29.6. The summed E-state index contributed by atoms with van der Waals surface area (Å²) in [6.45, 7) is 10.2. The number of carbonyl (C=O) groups excluding carboxylic acids is 1. The third-order valence-corrected chi connectivity index (χ3v) is 6.35. The lowest BCUT2D eigenvalue weighted by molar-refractivity contribution is 0.0978. The zero-order valence-corrected chi connectivity index (χ0v) is 21.7.